The molecule has 0 aliphatic carbocycles. The fourth-order valence-electron chi connectivity index (χ4n) is 4.16. The quantitative estimate of drug-likeness (QED) is 0.316. The average Bonchev–Trinajstić information content (AvgIpc) is 3.07. The van der Waals surface area contributed by atoms with Gasteiger partial charge in [0, 0.05) is 34.0 Å². The molecule has 5 aromatic rings. The van der Waals surface area contributed by atoms with Crippen LogP contribution in [0.1, 0.15) is 11.1 Å². The Balaban J connectivity index is 1.68. The Bertz CT molecular complexity index is 1350. The maximum Gasteiger partial charge on any atom is 0.154 e. The molecule has 0 bridgehead atoms. The number of furan rings is 1. The Hall–Kier alpha value is -2.97. The lowest BCUT2D eigenvalue weighted by Crippen LogP contribution is -2.07. The summed E-state index contributed by atoms with van der Waals surface area (Å²) in [4.78, 5) is 0. The molecule has 0 atom stereocenters. The van der Waals surface area contributed by atoms with Gasteiger partial charge in [-0.15, -0.1) is 0 Å². The van der Waals surface area contributed by atoms with E-state index in [1.54, 1.807) is 0 Å². The zero-order valence-electron chi connectivity index (χ0n) is 13.8. The highest BCUT2D eigenvalue weighted by molar-refractivity contribution is 6.36. The number of para-hydroxylation sites is 1. The third-order valence-corrected chi connectivity index (χ3v) is 5.63. The Labute approximate surface area is 155 Å². The second-order valence-corrected chi connectivity index (χ2v) is 7.22. The number of hydrogen-bond acceptors (Lipinski definition) is 2. The molecule has 1 aliphatic heterocycles. The minimum absolute atomic E-state index is 0.645. The van der Waals surface area contributed by atoms with Crippen molar-refractivity contribution in [2.24, 2.45) is 0 Å². The summed E-state index contributed by atoms with van der Waals surface area (Å²) in [5.74, 6) is 0. The van der Waals surface area contributed by atoms with Gasteiger partial charge in [0.15, 0.2) is 5.58 Å². The van der Waals surface area contributed by atoms with E-state index in [2.05, 4.69) is 47.8 Å². The van der Waals surface area contributed by atoms with Gasteiger partial charge in [-0.1, -0.05) is 66.2 Å². The van der Waals surface area contributed by atoms with Crippen LogP contribution in [0.5, 0.6) is 0 Å². The SMILES string of the molecule is Clc1cc2c(c3c1oc1ccccc13)Cc1ccc3ccccc3c1N2. The Morgan fingerprint density at radius 3 is 2.62 bits per heavy atom. The van der Waals surface area contributed by atoms with Gasteiger partial charge >= 0.3 is 0 Å². The van der Waals surface area contributed by atoms with Gasteiger partial charge in [-0.25, -0.2) is 0 Å². The number of nitrogens with one attached hydrogen (secondary N) is 1. The largest absolute Gasteiger partial charge is 0.454 e. The first kappa shape index (κ1) is 14.2. The fraction of sp³-hybridized carbons (Fsp3) is 0.0435. The van der Waals surface area contributed by atoms with Crippen LogP contribution >= 0.6 is 11.6 Å². The molecule has 0 radical (unpaired) electrons. The fourth-order valence-corrected chi connectivity index (χ4v) is 4.40. The molecule has 4 aromatic carbocycles. The van der Waals surface area contributed by atoms with Crippen molar-refractivity contribution in [2.75, 3.05) is 5.32 Å². The smallest absolute Gasteiger partial charge is 0.154 e. The molecule has 3 heteroatoms. The molecule has 0 saturated carbocycles. The summed E-state index contributed by atoms with van der Waals surface area (Å²) >= 11 is 6.58. The summed E-state index contributed by atoms with van der Waals surface area (Å²) in [6.07, 6.45) is 0.861. The topological polar surface area (TPSA) is 25.2 Å². The number of rotatable bonds is 0. The predicted molar refractivity (Wildman–Crippen MR) is 109 cm³/mol. The van der Waals surface area contributed by atoms with Crippen LogP contribution in [-0.2, 0) is 6.42 Å². The first-order valence-electron chi connectivity index (χ1n) is 8.70. The summed E-state index contributed by atoms with van der Waals surface area (Å²) < 4.78 is 6.05. The molecule has 0 saturated heterocycles. The van der Waals surface area contributed by atoms with Crippen LogP contribution in [-0.4, -0.2) is 0 Å². The average molecular weight is 356 g/mol. The van der Waals surface area contributed by atoms with E-state index in [0.29, 0.717) is 5.02 Å². The third-order valence-electron chi connectivity index (χ3n) is 5.35. The summed E-state index contributed by atoms with van der Waals surface area (Å²) in [5.41, 5.74) is 6.44. The number of anilines is 2. The van der Waals surface area contributed by atoms with E-state index in [0.717, 1.165) is 34.0 Å². The molecule has 0 unspecified atom stereocenters. The molecule has 2 heterocycles. The maximum absolute atomic E-state index is 6.58. The van der Waals surface area contributed by atoms with Crippen LogP contribution in [0.3, 0.4) is 0 Å². The highest BCUT2D eigenvalue weighted by atomic mass is 35.5. The zero-order chi connectivity index (χ0) is 17.3. The van der Waals surface area contributed by atoms with E-state index in [1.165, 1.54) is 27.6 Å². The van der Waals surface area contributed by atoms with E-state index in [4.69, 9.17) is 16.0 Å². The lowest BCUT2D eigenvalue weighted by atomic mass is 9.91. The second kappa shape index (κ2) is 5.03. The molecule has 1 N–H and O–H groups in total. The van der Waals surface area contributed by atoms with Crippen LogP contribution < -0.4 is 5.32 Å². The van der Waals surface area contributed by atoms with Gasteiger partial charge in [-0.3, -0.25) is 0 Å². The Kier molecular flexibility index (Phi) is 2.75. The lowest BCUT2D eigenvalue weighted by molar-refractivity contribution is 0.669. The van der Waals surface area contributed by atoms with Crippen molar-refractivity contribution in [3.63, 3.8) is 0 Å². The van der Waals surface area contributed by atoms with Gasteiger partial charge in [0.05, 0.1) is 5.02 Å². The van der Waals surface area contributed by atoms with E-state index < -0.39 is 0 Å². The van der Waals surface area contributed by atoms with Crippen molar-refractivity contribution in [3.8, 4) is 0 Å². The molecule has 0 amide bonds. The molecule has 124 valence electrons. The Morgan fingerprint density at radius 1 is 0.885 bits per heavy atom. The van der Waals surface area contributed by atoms with Crippen molar-refractivity contribution in [3.05, 3.63) is 82.9 Å². The minimum atomic E-state index is 0.645. The van der Waals surface area contributed by atoms with Gasteiger partial charge < -0.3 is 9.73 Å². The molecule has 0 fully saturated rings. The summed E-state index contributed by atoms with van der Waals surface area (Å²) in [6, 6.07) is 23.0. The van der Waals surface area contributed by atoms with Crippen LogP contribution in [0, 0.1) is 0 Å². The van der Waals surface area contributed by atoms with E-state index in [9.17, 15) is 0 Å². The first-order chi connectivity index (χ1) is 12.8. The minimum Gasteiger partial charge on any atom is -0.454 e. The van der Waals surface area contributed by atoms with Gasteiger partial charge in [0.1, 0.15) is 5.58 Å². The van der Waals surface area contributed by atoms with Crippen LogP contribution in [0.4, 0.5) is 11.4 Å². The Morgan fingerprint density at radius 2 is 1.69 bits per heavy atom. The normalized spacial score (nSPS) is 13.0. The number of hydrogen-bond donors (Lipinski definition) is 1. The molecular formula is C23H14ClNO. The number of fused-ring (bicyclic) bond motifs is 8. The van der Waals surface area contributed by atoms with Crippen LogP contribution in [0.2, 0.25) is 5.02 Å². The van der Waals surface area contributed by atoms with Gasteiger partial charge in [0.25, 0.3) is 0 Å². The summed E-state index contributed by atoms with van der Waals surface area (Å²) in [6.45, 7) is 0. The maximum atomic E-state index is 6.58. The molecule has 0 spiro atoms. The van der Waals surface area contributed by atoms with E-state index >= 15 is 0 Å². The highest BCUT2D eigenvalue weighted by Gasteiger charge is 2.23. The van der Waals surface area contributed by atoms with Crippen molar-refractivity contribution < 1.29 is 4.42 Å². The second-order valence-electron chi connectivity index (χ2n) is 6.81. The molecule has 6 rings (SSSR count). The van der Waals surface area contributed by atoms with Gasteiger partial charge in [-0.2, -0.15) is 0 Å². The van der Waals surface area contributed by atoms with Gasteiger partial charge in [-0.05, 0) is 28.6 Å². The first-order valence-corrected chi connectivity index (χ1v) is 9.08. The highest BCUT2D eigenvalue weighted by Crippen LogP contribution is 2.45. The summed E-state index contributed by atoms with van der Waals surface area (Å²) in [5, 5.41) is 9.01. The molecule has 1 aromatic heterocycles. The molecule has 26 heavy (non-hydrogen) atoms. The third kappa shape index (κ3) is 1.82. The van der Waals surface area contributed by atoms with Crippen molar-refractivity contribution >= 4 is 55.7 Å². The van der Waals surface area contributed by atoms with Gasteiger partial charge in [0.2, 0.25) is 0 Å². The van der Waals surface area contributed by atoms with Crippen LogP contribution in [0.25, 0.3) is 32.7 Å². The predicted octanol–water partition coefficient (Wildman–Crippen LogP) is 7.04. The van der Waals surface area contributed by atoms with Crippen molar-refractivity contribution in [2.45, 2.75) is 6.42 Å². The monoisotopic (exact) mass is 355 g/mol. The molecular weight excluding hydrogens is 342 g/mol. The lowest BCUT2D eigenvalue weighted by Gasteiger charge is -2.24. The van der Waals surface area contributed by atoms with Crippen molar-refractivity contribution in [1.29, 1.82) is 0 Å². The summed E-state index contributed by atoms with van der Waals surface area (Å²) in [7, 11) is 0. The van der Waals surface area contributed by atoms with Crippen molar-refractivity contribution in [1.82, 2.24) is 0 Å². The van der Waals surface area contributed by atoms with E-state index in [1.807, 2.05) is 24.3 Å². The zero-order valence-corrected chi connectivity index (χ0v) is 14.6. The number of benzene rings is 4. The van der Waals surface area contributed by atoms with E-state index in [-0.39, 0.29) is 0 Å². The molecule has 1 aliphatic rings. The standard InChI is InChI=1S/C23H14ClNO/c24-18-12-19-17(21-16-7-3-4-8-20(16)26-23(18)21)11-14-10-9-13-5-1-2-6-15(13)22(14)25-19/h1-10,12,25H,11H2. The van der Waals surface area contributed by atoms with Crippen LogP contribution in [0.15, 0.2) is 71.1 Å². The number of halogens is 1. The molecule has 2 nitrogen and oxygen atoms in total.